The molecule has 1 fully saturated rings. The van der Waals surface area contributed by atoms with Crippen molar-refractivity contribution in [1.82, 2.24) is 4.90 Å². The van der Waals surface area contributed by atoms with Crippen molar-refractivity contribution < 1.29 is 4.79 Å². The summed E-state index contributed by atoms with van der Waals surface area (Å²) in [6.45, 7) is 8.48. The number of amides is 1. The standard InChI is InChI=1S/C11H22N2O/c1-4-11(10(12)14)5-7-13(8-6-11)9(2)3/h9H,4-8H2,1-3H3,(H2,12,14). The summed E-state index contributed by atoms with van der Waals surface area (Å²) in [5.74, 6) is -0.108. The second kappa shape index (κ2) is 4.30. The third-order valence-electron chi connectivity index (χ3n) is 3.68. The molecule has 2 N–H and O–H groups in total. The van der Waals surface area contributed by atoms with Gasteiger partial charge in [-0.1, -0.05) is 6.92 Å². The third kappa shape index (κ3) is 2.08. The Morgan fingerprint density at radius 2 is 1.93 bits per heavy atom. The molecular formula is C11H22N2O. The van der Waals surface area contributed by atoms with Crippen molar-refractivity contribution in [3.05, 3.63) is 0 Å². The highest BCUT2D eigenvalue weighted by Crippen LogP contribution is 2.34. The molecule has 0 unspecified atom stereocenters. The summed E-state index contributed by atoms with van der Waals surface area (Å²) in [7, 11) is 0. The van der Waals surface area contributed by atoms with Crippen LogP contribution in [-0.2, 0) is 4.79 Å². The van der Waals surface area contributed by atoms with Gasteiger partial charge in [0.15, 0.2) is 0 Å². The van der Waals surface area contributed by atoms with Gasteiger partial charge in [-0.3, -0.25) is 4.79 Å². The average molecular weight is 198 g/mol. The number of carbonyl (C=O) groups is 1. The molecule has 0 aliphatic carbocycles. The highest BCUT2D eigenvalue weighted by molar-refractivity contribution is 5.80. The van der Waals surface area contributed by atoms with Crippen molar-refractivity contribution in [3.63, 3.8) is 0 Å². The molecule has 0 aromatic heterocycles. The summed E-state index contributed by atoms with van der Waals surface area (Å²) >= 11 is 0. The number of carbonyl (C=O) groups excluding carboxylic acids is 1. The molecular weight excluding hydrogens is 176 g/mol. The van der Waals surface area contributed by atoms with Crippen LogP contribution in [0.5, 0.6) is 0 Å². The van der Waals surface area contributed by atoms with Crippen molar-refractivity contribution in [3.8, 4) is 0 Å². The molecule has 82 valence electrons. The van der Waals surface area contributed by atoms with Crippen LogP contribution in [0.1, 0.15) is 40.0 Å². The Labute approximate surface area is 86.6 Å². The molecule has 14 heavy (non-hydrogen) atoms. The number of nitrogens with two attached hydrogens (primary N) is 1. The lowest BCUT2D eigenvalue weighted by atomic mass is 9.75. The molecule has 3 heteroatoms. The minimum absolute atomic E-state index is 0.108. The van der Waals surface area contributed by atoms with Gasteiger partial charge in [-0.2, -0.15) is 0 Å². The van der Waals surface area contributed by atoms with Crippen LogP contribution in [0.15, 0.2) is 0 Å². The summed E-state index contributed by atoms with van der Waals surface area (Å²) in [6.07, 6.45) is 2.74. The van der Waals surface area contributed by atoms with Gasteiger partial charge >= 0.3 is 0 Å². The molecule has 1 amide bonds. The van der Waals surface area contributed by atoms with Crippen LogP contribution in [0.4, 0.5) is 0 Å². The Morgan fingerprint density at radius 1 is 1.43 bits per heavy atom. The van der Waals surface area contributed by atoms with Crippen LogP contribution in [0, 0.1) is 5.41 Å². The molecule has 0 atom stereocenters. The number of rotatable bonds is 3. The van der Waals surface area contributed by atoms with E-state index in [-0.39, 0.29) is 11.3 Å². The van der Waals surface area contributed by atoms with Crippen molar-refractivity contribution in [1.29, 1.82) is 0 Å². The van der Waals surface area contributed by atoms with E-state index >= 15 is 0 Å². The Kier molecular flexibility index (Phi) is 3.53. The predicted octanol–water partition coefficient (Wildman–Crippen LogP) is 1.37. The lowest BCUT2D eigenvalue weighted by Crippen LogP contribution is -2.48. The lowest BCUT2D eigenvalue weighted by Gasteiger charge is -2.40. The molecule has 1 rings (SSSR count). The Hall–Kier alpha value is -0.570. The average Bonchev–Trinajstić information content (AvgIpc) is 2.17. The minimum Gasteiger partial charge on any atom is -0.369 e. The maximum Gasteiger partial charge on any atom is 0.223 e. The van der Waals surface area contributed by atoms with Crippen LogP contribution in [0.2, 0.25) is 0 Å². The van der Waals surface area contributed by atoms with Gasteiger partial charge in [0.05, 0.1) is 5.41 Å². The van der Waals surface area contributed by atoms with E-state index in [0.717, 1.165) is 32.4 Å². The summed E-state index contributed by atoms with van der Waals surface area (Å²) < 4.78 is 0. The van der Waals surface area contributed by atoms with E-state index in [4.69, 9.17) is 5.73 Å². The first-order valence-electron chi connectivity index (χ1n) is 5.56. The van der Waals surface area contributed by atoms with E-state index in [0.29, 0.717) is 6.04 Å². The third-order valence-corrected chi connectivity index (χ3v) is 3.68. The van der Waals surface area contributed by atoms with Crippen LogP contribution in [0.25, 0.3) is 0 Å². The fraction of sp³-hybridized carbons (Fsp3) is 0.909. The highest BCUT2D eigenvalue weighted by atomic mass is 16.1. The van der Waals surface area contributed by atoms with Gasteiger partial charge in [-0.05, 0) is 46.2 Å². The summed E-state index contributed by atoms with van der Waals surface area (Å²) in [5.41, 5.74) is 5.26. The van der Waals surface area contributed by atoms with E-state index in [1.165, 1.54) is 0 Å². The first kappa shape index (κ1) is 11.5. The fourth-order valence-corrected chi connectivity index (χ4v) is 2.24. The van der Waals surface area contributed by atoms with Gasteiger partial charge in [0, 0.05) is 6.04 Å². The van der Waals surface area contributed by atoms with Gasteiger partial charge in [0.2, 0.25) is 5.91 Å². The largest absolute Gasteiger partial charge is 0.369 e. The smallest absolute Gasteiger partial charge is 0.223 e. The van der Waals surface area contributed by atoms with Crippen LogP contribution in [-0.4, -0.2) is 29.9 Å². The zero-order valence-electron chi connectivity index (χ0n) is 9.55. The Balaban J connectivity index is 2.59. The maximum atomic E-state index is 11.4. The summed E-state index contributed by atoms with van der Waals surface area (Å²) in [6, 6.07) is 0.581. The molecule has 0 saturated carbocycles. The zero-order valence-corrected chi connectivity index (χ0v) is 9.55. The first-order chi connectivity index (χ1) is 6.52. The topological polar surface area (TPSA) is 46.3 Å². The van der Waals surface area contributed by atoms with Gasteiger partial charge in [-0.15, -0.1) is 0 Å². The highest BCUT2D eigenvalue weighted by Gasteiger charge is 2.38. The van der Waals surface area contributed by atoms with Crippen LogP contribution >= 0.6 is 0 Å². The molecule has 0 aromatic carbocycles. The van der Waals surface area contributed by atoms with E-state index < -0.39 is 0 Å². The van der Waals surface area contributed by atoms with Crippen molar-refractivity contribution in [2.45, 2.75) is 46.1 Å². The van der Waals surface area contributed by atoms with Gasteiger partial charge in [0.1, 0.15) is 0 Å². The van der Waals surface area contributed by atoms with Crippen LogP contribution < -0.4 is 5.73 Å². The van der Waals surface area contributed by atoms with E-state index in [1.54, 1.807) is 0 Å². The summed E-state index contributed by atoms with van der Waals surface area (Å²) in [4.78, 5) is 13.8. The molecule has 0 aromatic rings. The van der Waals surface area contributed by atoms with Crippen molar-refractivity contribution in [2.75, 3.05) is 13.1 Å². The number of hydrogen-bond donors (Lipinski definition) is 1. The molecule has 0 radical (unpaired) electrons. The second-order valence-electron chi connectivity index (χ2n) is 4.63. The predicted molar refractivity (Wildman–Crippen MR) is 57.9 cm³/mol. The number of piperidine rings is 1. The minimum atomic E-state index is -0.217. The monoisotopic (exact) mass is 198 g/mol. The van der Waals surface area contributed by atoms with Gasteiger partial charge in [-0.25, -0.2) is 0 Å². The van der Waals surface area contributed by atoms with Crippen LogP contribution in [0.3, 0.4) is 0 Å². The molecule has 1 saturated heterocycles. The fourth-order valence-electron chi connectivity index (χ4n) is 2.24. The number of hydrogen-bond acceptors (Lipinski definition) is 2. The number of primary amides is 1. The molecule has 3 nitrogen and oxygen atoms in total. The number of likely N-dealkylation sites (tertiary alicyclic amines) is 1. The number of nitrogens with zero attached hydrogens (tertiary/aromatic N) is 1. The van der Waals surface area contributed by atoms with E-state index in [9.17, 15) is 4.79 Å². The molecule has 1 heterocycles. The molecule has 1 aliphatic rings. The maximum absolute atomic E-state index is 11.4. The molecule has 0 spiro atoms. The Bertz CT molecular complexity index is 205. The van der Waals surface area contributed by atoms with E-state index in [1.807, 2.05) is 0 Å². The SMILES string of the molecule is CCC1(C(N)=O)CCN(C(C)C)CC1. The zero-order chi connectivity index (χ0) is 10.8. The normalized spacial score (nSPS) is 22.6. The van der Waals surface area contributed by atoms with Gasteiger partial charge in [0.25, 0.3) is 0 Å². The Morgan fingerprint density at radius 3 is 2.21 bits per heavy atom. The molecule has 0 bridgehead atoms. The van der Waals surface area contributed by atoms with E-state index in [2.05, 4.69) is 25.7 Å². The first-order valence-corrected chi connectivity index (χ1v) is 5.56. The second-order valence-corrected chi connectivity index (χ2v) is 4.63. The van der Waals surface area contributed by atoms with Gasteiger partial charge < -0.3 is 10.6 Å². The molecule has 1 aliphatic heterocycles. The quantitative estimate of drug-likeness (QED) is 0.744. The summed E-state index contributed by atoms with van der Waals surface area (Å²) in [5, 5.41) is 0. The lowest BCUT2D eigenvalue weighted by molar-refractivity contribution is -0.131. The van der Waals surface area contributed by atoms with Crippen molar-refractivity contribution in [2.24, 2.45) is 11.1 Å². The van der Waals surface area contributed by atoms with Crippen molar-refractivity contribution >= 4 is 5.91 Å².